The second-order valence-corrected chi connectivity index (χ2v) is 7.64. The summed E-state index contributed by atoms with van der Waals surface area (Å²) < 4.78 is 0. The first-order valence-corrected chi connectivity index (χ1v) is 11.0. The summed E-state index contributed by atoms with van der Waals surface area (Å²) in [6.45, 7) is 6.80. The molecule has 156 valence electrons. The van der Waals surface area contributed by atoms with Crippen molar-refractivity contribution < 1.29 is 9.90 Å². The van der Waals surface area contributed by atoms with Gasteiger partial charge in [-0.05, 0) is 20.5 Å². The molecule has 0 heterocycles. The van der Waals surface area contributed by atoms with Gasteiger partial charge in [0.15, 0.2) is 0 Å². The molecule has 0 saturated heterocycles. The molecule has 0 atom stereocenters. The highest BCUT2D eigenvalue weighted by molar-refractivity contribution is 5.66. The van der Waals surface area contributed by atoms with Crippen LogP contribution in [0.2, 0.25) is 0 Å². The van der Waals surface area contributed by atoms with Gasteiger partial charge in [0.2, 0.25) is 0 Å². The summed E-state index contributed by atoms with van der Waals surface area (Å²) in [6, 6.07) is 0. The fourth-order valence-corrected chi connectivity index (χ4v) is 2.91. The lowest BCUT2D eigenvalue weighted by Crippen LogP contribution is -2.09. The molecule has 0 amide bonds. The molecule has 26 heavy (non-hydrogen) atoms. The number of rotatable bonds is 18. The van der Waals surface area contributed by atoms with E-state index in [1.807, 2.05) is 20.2 Å². The minimum Gasteiger partial charge on any atom is -0.481 e. The number of likely N-dealkylation sites (N-methyl/N-ethyl adjacent to an activating group) is 1. The van der Waals surface area contributed by atoms with E-state index < -0.39 is 5.97 Å². The quantitative estimate of drug-likeness (QED) is 0.207. The summed E-state index contributed by atoms with van der Waals surface area (Å²) in [5.41, 5.74) is 0. The van der Waals surface area contributed by atoms with Gasteiger partial charge in [0.25, 0.3) is 0 Å². The van der Waals surface area contributed by atoms with Gasteiger partial charge in [-0.15, -0.1) is 6.58 Å². The molecular formula is C23H47NO2. The van der Waals surface area contributed by atoms with Crippen LogP contribution in [0.4, 0.5) is 0 Å². The number of hydrogen-bond acceptors (Lipinski definition) is 2. The van der Waals surface area contributed by atoms with E-state index in [0.717, 1.165) is 19.4 Å². The maximum absolute atomic E-state index is 10.3. The highest BCUT2D eigenvalue weighted by Gasteiger charge is 1.97. The molecule has 0 aromatic rings. The second-order valence-electron chi connectivity index (χ2n) is 7.64. The average molecular weight is 370 g/mol. The lowest BCUT2D eigenvalue weighted by molar-refractivity contribution is -0.137. The normalized spacial score (nSPS) is 10.5. The summed E-state index contributed by atoms with van der Waals surface area (Å²) in [5.74, 6) is -0.653. The summed E-state index contributed by atoms with van der Waals surface area (Å²) in [4.78, 5) is 12.4. The van der Waals surface area contributed by atoms with E-state index in [1.54, 1.807) is 0 Å². The number of unbranched alkanes of at least 4 members (excludes halogenated alkanes) is 14. The van der Waals surface area contributed by atoms with Gasteiger partial charge >= 0.3 is 5.97 Å². The monoisotopic (exact) mass is 369 g/mol. The second kappa shape index (κ2) is 24.2. The number of carbonyl (C=O) groups is 1. The van der Waals surface area contributed by atoms with Crippen LogP contribution in [0, 0.1) is 0 Å². The Morgan fingerprint density at radius 1 is 0.769 bits per heavy atom. The van der Waals surface area contributed by atoms with E-state index >= 15 is 0 Å². The Balaban J connectivity index is 0. The van der Waals surface area contributed by atoms with Gasteiger partial charge < -0.3 is 10.0 Å². The number of carboxylic acids is 1. The van der Waals surface area contributed by atoms with Crippen molar-refractivity contribution in [2.24, 2.45) is 0 Å². The zero-order valence-corrected chi connectivity index (χ0v) is 18.1. The van der Waals surface area contributed by atoms with E-state index in [4.69, 9.17) is 5.11 Å². The van der Waals surface area contributed by atoms with Gasteiger partial charge in [-0.25, -0.2) is 0 Å². The van der Waals surface area contributed by atoms with Crippen LogP contribution in [0.25, 0.3) is 0 Å². The van der Waals surface area contributed by atoms with Crippen molar-refractivity contribution in [1.82, 2.24) is 4.90 Å². The molecule has 3 heteroatoms. The zero-order valence-electron chi connectivity index (χ0n) is 18.1. The number of hydrogen-bond donors (Lipinski definition) is 1. The maximum Gasteiger partial charge on any atom is 0.303 e. The summed E-state index contributed by atoms with van der Waals surface area (Å²) in [5, 5.41) is 8.52. The van der Waals surface area contributed by atoms with Crippen molar-refractivity contribution >= 4 is 5.97 Å². The largest absolute Gasteiger partial charge is 0.481 e. The summed E-state index contributed by atoms with van der Waals surface area (Å²) in [6.07, 6.45) is 22.1. The Morgan fingerprint density at radius 3 is 1.35 bits per heavy atom. The fourth-order valence-electron chi connectivity index (χ4n) is 2.91. The van der Waals surface area contributed by atoms with Crippen molar-refractivity contribution in [2.45, 2.75) is 110 Å². The van der Waals surface area contributed by atoms with Gasteiger partial charge in [-0.2, -0.15) is 0 Å². The predicted octanol–water partition coefficient (Wildman–Crippen LogP) is 7.07. The van der Waals surface area contributed by atoms with E-state index in [0.29, 0.717) is 6.42 Å². The van der Waals surface area contributed by atoms with Gasteiger partial charge in [-0.3, -0.25) is 4.79 Å². The first kappa shape index (κ1) is 27.4. The Bertz CT molecular complexity index is 290. The molecule has 0 aliphatic heterocycles. The standard InChI is InChI=1S/C18H36O2.C5H11N/c1-2-3-4-5-6-7-8-9-10-11-12-13-14-15-16-17-18(19)20;1-4-5-6(2)3/h2-17H2,1H3,(H,19,20);4H,1,5H2,2-3H3. The molecule has 0 rings (SSSR count). The van der Waals surface area contributed by atoms with Crippen molar-refractivity contribution in [2.75, 3.05) is 20.6 Å². The lowest BCUT2D eigenvalue weighted by atomic mass is 10.0. The SMILES string of the molecule is C=CCN(C)C.CCCCCCCCCCCCCCCCCC(=O)O. The lowest BCUT2D eigenvalue weighted by Gasteiger charge is -2.03. The van der Waals surface area contributed by atoms with Crippen molar-refractivity contribution in [3.63, 3.8) is 0 Å². The Labute approximate surface area is 164 Å². The van der Waals surface area contributed by atoms with Gasteiger partial charge in [0, 0.05) is 13.0 Å². The minimum atomic E-state index is -0.653. The first-order chi connectivity index (χ1) is 12.5. The van der Waals surface area contributed by atoms with E-state index in [1.165, 1.54) is 83.5 Å². The summed E-state index contributed by atoms with van der Waals surface area (Å²) >= 11 is 0. The maximum atomic E-state index is 10.3. The number of nitrogens with zero attached hydrogens (tertiary/aromatic N) is 1. The van der Waals surface area contributed by atoms with Crippen LogP contribution in [-0.4, -0.2) is 36.6 Å². The number of aliphatic carboxylic acids is 1. The molecule has 0 saturated carbocycles. The third-order valence-electron chi connectivity index (χ3n) is 4.49. The smallest absolute Gasteiger partial charge is 0.303 e. The van der Waals surface area contributed by atoms with Crippen molar-refractivity contribution in [3.05, 3.63) is 12.7 Å². The molecule has 0 aliphatic rings. The third kappa shape index (κ3) is 31.0. The predicted molar refractivity (Wildman–Crippen MR) is 116 cm³/mol. The molecule has 0 aromatic heterocycles. The molecule has 0 bridgehead atoms. The molecular weight excluding hydrogens is 322 g/mol. The number of carboxylic acid groups (broad SMARTS) is 1. The van der Waals surface area contributed by atoms with Gasteiger partial charge in [0.1, 0.15) is 0 Å². The third-order valence-corrected chi connectivity index (χ3v) is 4.49. The molecule has 0 aliphatic carbocycles. The Kier molecular flexibility index (Phi) is 25.5. The van der Waals surface area contributed by atoms with E-state index in [9.17, 15) is 4.79 Å². The van der Waals surface area contributed by atoms with Gasteiger partial charge in [-0.1, -0.05) is 103 Å². The van der Waals surface area contributed by atoms with Crippen LogP contribution in [0.5, 0.6) is 0 Å². The highest BCUT2D eigenvalue weighted by Crippen LogP contribution is 2.13. The van der Waals surface area contributed by atoms with E-state index in [-0.39, 0.29) is 0 Å². The molecule has 0 aromatic carbocycles. The van der Waals surface area contributed by atoms with Crippen molar-refractivity contribution in [3.8, 4) is 0 Å². The molecule has 0 spiro atoms. The fraction of sp³-hybridized carbons (Fsp3) is 0.870. The molecule has 3 nitrogen and oxygen atoms in total. The molecule has 1 N–H and O–H groups in total. The average Bonchev–Trinajstić information content (AvgIpc) is 2.58. The van der Waals surface area contributed by atoms with E-state index in [2.05, 4.69) is 18.4 Å². The highest BCUT2D eigenvalue weighted by atomic mass is 16.4. The molecule has 0 unspecified atom stereocenters. The summed E-state index contributed by atoms with van der Waals surface area (Å²) in [7, 11) is 4.03. The molecule has 0 radical (unpaired) electrons. The van der Waals surface area contributed by atoms with Crippen LogP contribution >= 0.6 is 0 Å². The zero-order chi connectivity index (χ0) is 19.9. The van der Waals surface area contributed by atoms with Crippen LogP contribution in [-0.2, 0) is 4.79 Å². The van der Waals surface area contributed by atoms with Crippen LogP contribution < -0.4 is 0 Å². The van der Waals surface area contributed by atoms with Gasteiger partial charge in [0.05, 0.1) is 0 Å². The first-order valence-electron chi connectivity index (χ1n) is 11.0. The molecule has 0 fully saturated rings. The van der Waals surface area contributed by atoms with Crippen molar-refractivity contribution in [1.29, 1.82) is 0 Å². The Morgan fingerprint density at radius 2 is 1.12 bits per heavy atom. The van der Waals surface area contributed by atoms with Crippen LogP contribution in [0.3, 0.4) is 0 Å². The minimum absolute atomic E-state index is 0.345. The topological polar surface area (TPSA) is 40.5 Å². The van der Waals surface area contributed by atoms with Crippen LogP contribution in [0.15, 0.2) is 12.7 Å². The Hall–Kier alpha value is -0.830. The van der Waals surface area contributed by atoms with Crippen LogP contribution in [0.1, 0.15) is 110 Å².